The summed E-state index contributed by atoms with van der Waals surface area (Å²) in [4.78, 5) is 13.9. The Hall–Kier alpha value is -3.13. The van der Waals surface area contributed by atoms with Crippen molar-refractivity contribution in [3.63, 3.8) is 0 Å². The molecule has 0 saturated heterocycles. The Bertz CT molecular complexity index is 984. The van der Waals surface area contributed by atoms with E-state index in [4.69, 9.17) is 11.6 Å². The quantitative estimate of drug-likeness (QED) is 0.537. The van der Waals surface area contributed by atoms with Crippen molar-refractivity contribution in [3.05, 3.63) is 52.5 Å². The molecule has 0 fully saturated rings. The molecule has 0 saturated carbocycles. The zero-order valence-electron chi connectivity index (χ0n) is 15.6. The number of hydrogen-bond acceptors (Lipinski definition) is 4. The Morgan fingerprint density at radius 2 is 1.55 bits per heavy atom. The summed E-state index contributed by atoms with van der Waals surface area (Å²) >= 11 is 5.78. The van der Waals surface area contributed by atoms with Crippen LogP contribution in [0.3, 0.4) is 0 Å². The lowest BCUT2D eigenvalue weighted by atomic mass is 10.1. The van der Waals surface area contributed by atoms with Crippen LogP contribution < -0.4 is 14.4 Å². The maximum absolute atomic E-state index is 12.9. The summed E-state index contributed by atoms with van der Waals surface area (Å²) in [5.74, 6) is -2.40. The number of carbonyl (C=O) groups excluding carboxylic acids is 1. The van der Waals surface area contributed by atoms with Crippen LogP contribution in [0.1, 0.15) is 15.9 Å². The minimum absolute atomic E-state index is 0.312. The van der Waals surface area contributed by atoms with E-state index in [1.165, 1.54) is 37.4 Å². The van der Waals surface area contributed by atoms with Crippen molar-refractivity contribution < 1.29 is 40.6 Å². The van der Waals surface area contributed by atoms with Crippen LogP contribution in [0.5, 0.6) is 11.5 Å². The lowest BCUT2D eigenvalue weighted by molar-refractivity contribution is -0.154. The highest BCUT2D eigenvalue weighted by molar-refractivity contribution is 6.30. The zero-order valence-corrected chi connectivity index (χ0v) is 16.4. The van der Waals surface area contributed by atoms with Crippen molar-refractivity contribution >= 4 is 23.2 Å². The average molecular weight is 467 g/mol. The van der Waals surface area contributed by atoms with Gasteiger partial charge < -0.3 is 14.4 Å². The number of anilines is 1. The topological polar surface area (TPSA) is 62.6 Å². The van der Waals surface area contributed by atoms with E-state index in [1.807, 2.05) is 0 Å². The maximum atomic E-state index is 12.9. The first-order valence-corrected chi connectivity index (χ1v) is 8.70. The van der Waals surface area contributed by atoms with Crippen LogP contribution in [0, 0.1) is 11.3 Å². The lowest BCUT2D eigenvalue weighted by Gasteiger charge is -2.21. The van der Waals surface area contributed by atoms with Crippen molar-refractivity contribution in [2.45, 2.75) is 12.4 Å². The van der Waals surface area contributed by atoms with Gasteiger partial charge in [-0.05, 0) is 36.4 Å². The lowest BCUT2D eigenvalue weighted by Crippen LogP contribution is -2.28. The van der Waals surface area contributed by atoms with Crippen molar-refractivity contribution in [1.82, 2.24) is 0 Å². The summed E-state index contributed by atoms with van der Waals surface area (Å²) in [6.45, 7) is -3.67. The maximum Gasteiger partial charge on any atom is 0.422 e. The molecule has 31 heavy (non-hydrogen) atoms. The van der Waals surface area contributed by atoms with Crippen LogP contribution in [0.2, 0.25) is 5.02 Å². The zero-order chi connectivity index (χ0) is 23.4. The molecule has 2 aromatic carbocycles. The molecule has 2 rings (SSSR count). The molecule has 12 heteroatoms. The van der Waals surface area contributed by atoms with Crippen molar-refractivity contribution in [3.8, 4) is 17.6 Å². The van der Waals surface area contributed by atoms with Crippen molar-refractivity contribution in [2.24, 2.45) is 0 Å². The molecule has 166 valence electrons. The smallest absolute Gasteiger partial charge is 0.422 e. The van der Waals surface area contributed by atoms with E-state index in [0.717, 1.165) is 17.0 Å². The average Bonchev–Trinajstić information content (AvgIpc) is 2.68. The van der Waals surface area contributed by atoms with Gasteiger partial charge in [0.2, 0.25) is 0 Å². The molecule has 0 unspecified atom stereocenters. The highest BCUT2D eigenvalue weighted by Gasteiger charge is 2.33. The third-order valence-electron chi connectivity index (χ3n) is 3.75. The largest absolute Gasteiger partial charge is 0.483 e. The number of halogens is 7. The third-order valence-corrected chi connectivity index (χ3v) is 4.00. The summed E-state index contributed by atoms with van der Waals surface area (Å²) < 4.78 is 84.6. The summed E-state index contributed by atoms with van der Waals surface area (Å²) in [6.07, 6.45) is -9.60. The fourth-order valence-electron chi connectivity index (χ4n) is 2.39. The molecule has 0 atom stereocenters. The van der Waals surface area contributed by atoms with Gasteiger partial charge >= 0.3 is 12.4 Å². The molecular formula is C19H13ClF6N2O3. The van der Waals surface area contributed by atoms with Gasteiger partial charge in [0.1, 0.15) is 17.4 Å². The second-order valence-electron chi connectivity index (χ2n) is 6.08. The van der Waals surface area contributed by atoms with E-state index in [9.17, 15) is 36.4 Å². The first-order valence-electron chi connectivity index (χ1n) is 8.32. The Morgan fingerprint density at radius 3 is 2.06 bits per heavy atom. The minimum Gasteiger partial charge on any atom is -0.483 e. The van der Waals surface area contributed by atoms with Crippen LogP contribution in [-0.2, 0) is 0 Å². The summed E-state index contributed by atoms with van der Waals surface area (Å²) in [5.41, 5.74) is -0.937. The molecule has 0 radical (unpaired) electrons. The Morgan fingerprint density at radius 1 is 1.00 bits per heavy atom. The fraction of sp³-hybridized carbons (Fsp3) is 0.263. The molecular weight excluding hydrogens is 454 g/mol. The van der Waals surface area contributed by atoms with Gasteiger partial charge in [0, 0.05) is 17.8 Å². The molecule has 0 heterocycles. The first-order chi connectivity index (χ1) is 14.3. The molecule has 1 amide bonds. The highest BCUT2D eigenvalue weighted by Crippen LogP contribution is 2.35. The second-order valence-corrected chi connectivity index (χ2v) is 6.51. The highest BCUT2D eigenvalue weighted by atomic mass is 35.5. The number of hydrogen-bond donors (Lipinski definition) is 0. The number of amides is 1. The van der Waals surface area contributed by atoms with E-state index in [0.29, 0.717) is 10.7 Å². The number of nitrogens with zero attached hydrogens (tertiary/aromatic N) is 2. The van der Waals surface area contributed by atoms with Crippen molar-refractivity contribution in [1.29, 1.82) is 5.26 Å². The van der Waals surface area contributed by atoms with Gasteiger partial charge in [0.05, 0.1) is 5.56 Å². The molecule has 0 bridgehead atoms. The van der Waals surface area contributed by atoms with E-state index >= 15 is 0 Å². The van der Waals surface area contributed by atoms with Crippen LogP contribution in [-0.4, -0.2) is 38.5 Å². The normalized spacial score (nSPS) is 11.6. The Balaban J connectivity index is 2.50. The fourth-order valence-corrected chi connectivity index (χ4v) is 2.51. The molecule has 5 nitrogen and oxygen atoms in total. The number of carbonyl (C=O) groups is 1. The van der Waals surface area contributed by atoms with Crippen LogP contribution in [0.25, 0.3) is 0 Å². The molecule has 0 aromatic heterocycles. The van der Waals surface area contributed by atoms with Gasteiger partial charge in [0.25, 0.3) is 5.91 Å². The van der Waals surface area contributed by atoms with Crippen molar-refractivity contribution in [2.75, 3.05) is 25.2 Å². The predicted octanol–water partition coefficient (Wildman–Crippen LogP) is 5.37. The van der Waals surface area contributed by atoms with E-state index in [2.05, 4.69) is 9.47 Å². The Kier molecular flexibility index (Phi) is 7.28. The first kappa shape index (κ1) is 24.1. The summed E-state index contributed by atoms with van der Waals surface area (Å²) in [6, 6.07) is 9.11. The standard InChI is InChI=1S/C19H13ClF6N2O3/c1-28(12-4-2-11(20)3-5-12)17(29)13-6-7-15(30-9-18(21,22)23)14(8-27)16(13)31-10-19(24,25)26/h2-7H,9-10H2,1H3. The van der Waals surface area contributed by atoms with Gasteiger partial charge in [-0.3, -0.25) is 4.79 Å². The molecule has 0 aliphatic heterocycles. The summed E-state index contributed by atoms with van der Waals surface area (Å²) in [7, 11) is 1.30. The van der Waals surface area contributed by atoms with E-state index in [1.54, 1.807) is 0 Å². The van der Waals surface area contributed by atoms with Gasteiger partial charge in [-0.1, -0.05) is 11.6 Å². The van der Waals surface area contributed by atoms with E-state index in [-0.39, 0.29) is 0 Å². The molecule has 0 aliphatic rings. The van der Waals surface area contributed by atoms with Crippen LogP contribution >= 0.6 is 11.6 Å². The molecule has 2 aromatic rings. The third kappa shape index (κ3) is 6.68. The Labute approximate surface area is 177 Å². The molecule has 0 N–H and O–H groups in total. The van der Waals surface area contributed by atoms with Gasteiger partial charge in [-0.25, -0.2) is 0 Å². The monoisotopic (exact) mass is 466 g/mol. The predicted molar refractivity (Wildman–Crippen MR) is 98.4 cm³/mol. The van der Waals surface area contributed by atoms with Crippen LogP contribution in [0.4, 0.5) is 32.0 Å². The number of alkyl halides is 6. The number of benzene rings is 2. The van der Waals surface area contributed by atoms with Gasteiger partial charge in [-0.2, -0.15) is 31.6 Å². The van der Waals surface area contributed by atoms with Crippen LogP contribution in [0.15, 0.2) is 36.4 Å². The van der Waals surface area contributed by atoms with E-state index < -0.39 is 54.1 Å². The second kappa shape index (κ2) is 9.34. The number of ether oxygens (including phenoxy) is 2. The molecule has 0 spiro atoms. The number of rotatable bonds is 6. The number of nitriles is 1. The SMILES string of the molecule is CN(C(=O)c1ccc(OCC(F)(F)F)c(C#N)c1OCC(F)(F)F)c1ccc(Cl)cc1. The minimum atomic E-state index is -4.84. The van der Waals surface area contributed by atoms with Gasteiger partial charge in [-0.15, -0.1) is 0 Å². The summed E-state index contributed by atoms with van der Waals surface area (Å²) in [5, 5.41) is 9.71. The van der Waals surface area contributed by atoms with Gasteiger partial charge in [0.15, 0.2) is 19.0 Å². The molecule has 0 aliphatic carbocycles.